The Morgan fingerprint density at radius 1 is 1.23 bits per heavy atom. The zero-order chi connectivity index (χ0) is 26.2. The molecule has 1 spiro atoms. The van der Waals surface area contributed by atoms with E-state index in [0.717, 1.165) is 55.9 Å². The van der Waals surface area contributed by atoms with Crippen LogP contribution in [-0.2, 0) is 21.5 Å². The average Bonchev–Trinajstić information content (AvgIpc) is 3.52. The molecule has 39 heavy (non-hydrogen) atoms. The Bertz CT molecular complexity index is 1130. The number of halogens is 3. The third-order valence-electron chi connectivity index (χ3n) is 9.09. The maximum atomic E-state index is 14.6. The molecule has 3 aliphatic heterocycles. The van der Waals surface area contributed by atoms with Gasteiger partial charge in [0.1, 0.15) is 12.5 Å². The number of fused-ring (bicyclic) bond motifs is 2. The van der Waals surface area contributed by atoms with E-state index in [1.165, 1.54) is 24.0 Å². The second-order valence-electron chi connectivity index (χ2n) is 10.9. The number of amides is 2. The normalized spacial score (nSPS) is 26.1. The third kappa shape index (κ3) is 5.91. The standard InChI is InChI=1S/C28H37ClN4O3S.2ClH/c1-4-18(5-2)23-13-20(19-9-7-6-8-10-19)11-12-33(23)25(34)21-14-30-16-28(21)17-32(27(35)36-3)15-22-24(28)37-26(29)31-22;;/h6-10,18,20-21,23,30H,4-5,11-17H2,1-3H3;2*1H/t20-,21+,23+,28+;;/m1../s1. The Morgan fingerprint density at radius 3 is 2.62 bits per heavy atom. The molecule has 2 amide bonds. The largest absolute Gasteiger partial charge is 1.00 e. The number of quaternary nitrogens is 1. The van der Waals surface area contributed by atoms with E-state index in [1.54, 1.807) is 4.90 Å². The summed E-state index contributed by atoms with van der Waals surface area (Å²) in [6.45, 7) is 7.64. The van der Waals surface area contributed by atoms with Crippen LogP contribution in [0.3, 0.4) is 0 Å². The van der Waals surface area contributed by atoms with Crippen LogP contribution < -0.4 is 35.1 Å². The minimum Gasteiger partial charge on any atom is -1.00 e. The number of hydrogen-bond acceptors (Lipinski definition) is 4. The molecule has 0 aliphatic carbocycles. The predicted molar refractivity (Wildman–Crippen MR) is 144 cm³/mol. The van der Waals surface area contributed by atoms with Crippen molar-refractivity contribution in [3.05, 3.63) is 50.9 Å². The number of hydrogen-bond donors (Lipinski definition) is 1. The van der Waals surface area contributed by atoms with Gasteiger partial charge in [-0.15, -0.1) is 0 Å². The Balaban J connectivity index is 0.00000210. The molecule has 2 aromatic rings. The first-order valence-corrected chi connectivity index (χ1v) is 14.8. The van der Waals surface area contributed by atoms with Gasteiger partial charge in [0, 0.05) is 30.7 Å². The van der Waals surface area contributed by atoms with Crippen LogP contribution in [-0.4, -0.2) is 61.1 Å². The molecule has 2 fully saturated rings. The lowest BCUT2D eigenvalue weighted by molar-refractivity contribution is -0.640. The molecule has 0 saturated carbocycles. The number of carbonyl (C=O) groups excluding carboxylic acids is 2. The number of aromatic nitrogens is 1. The fourth-order valence-electron chi connectivity index (χ4n) is 7.20. The number of carbonyl (C=O) groups is 2. The van der Waals surface area contributed by atoms with Crippen molar-refractivity contribution in [1.29, 1.82) is 0 Å². The van der Waals surface area contributed by atoms with Crippen molar-refractivity contribution in [2.24, 2.45) is 11.8 Å². The number of nitrogens with one attached hydrogen (secondary N) is 1. The first-order chi connectivity index (χ1) is 17.9. The molecular weight excluding hydrogens is 579 g/mol. The van der Waals surface area contributed by atoms with Gasteiger partial charge in [0.15, 0.2) is 0 Å². The number of piperidine rings is 1. The van der Waals surface area contributed by atoms with Crippen LogP contribution in [0.1, 0.15) is 61.6 Å². The van der Waals surface area contributed by atoms with Crippen molar-refractivity contribution >= 4 is 34.9 Å². The number of nitrogens with zero attached hydrogens (tertiary/aromatic N) is 2. The van der Waals surface area contributed by atoms with Crippen molar-refractivity contribution in [2.75, 3.05) is 33.3 Å². The maximum Gasteiger partial charge on any atom is 0.410 e. The van der Waals surface area contributed by atoms with Gasteiger partial charge in [0.05, 0.1) is 30.5 Å². The van der Waals surface area contributed by atoms with E-state index in [9.17, 15) is 9.59 Å². The first-order valence-electron chi connectivity index (χ1n) is 13.6. The molecule has 4 atom stereocenters. The van der Waals surface area contributed by atoms with Gasteiger partial charge in [-0.25, -0.2) is 4.79 Å². The molecule has 0 radical (unpaired) electrons. The molecule has 5 rings (SSSR count). The number of H-pyrrole nitrogens is 1. The monoisotopic (exact) mass is 616 g/mol. The van der Waals surface area contributed by atoms with Gasteiger partial charge in [0.25, 0.3) is 0 Å². The van der Waals surface area contributed by atoms with E-state index in [1.807, 2.05) is 0 Å². The molecule has 11 heteroatoms. The molecule has 1 aromatic carbocycles. The van der Waals surface area contributed by atoms with Crippen molar-refractivity contribution in [1.82, 2.24) is 9.80 Å². The van der Waals surface area contributed by atoms with E-state index < -0.39 is 5.41 Å². The molecule has 0 unspecified atom stereocenters. The molecule has 4 heterocycles. The molecular formula is C28H39Cl3N4O3S. The van der Waals surface area contributed by atoms with Gasteiger partial charge in [-0.2, -0.15) is 4.98 Å². The Labute approximate surface area is 252 Å². The zero-order valence-electron chi connectivity index (χ0n) is 22.8. The quantitative estimate of drug-likeness (QED) is 0.401. The molecule has 216 valence electrons. The van der Waals surface area contributed by atoms with Gasteiger partial charge >= 0.3 is 10.6 Å². The summed E-state index contributed by atoms with van der Waals surface area (Å²) in [7, 11) is 1.41. The van der Waals surface area contributed by atoms with Gasteiger partial charge < -0.3 is 39.8 Å². The van der Waals surface area contributed by atoms with Crippen LogP contribution >= 0.6 is 22.9 Å². The minimum absolute atomic E-state index is 0. The number of ether oxygens (including phenoxy) is 1. The smallest absolute Gasteiger partial charge is 0.410 e. The summed E-state index contributed by atoms with van der Waals surface area (Å²) < 4.78 is 5.69. The number of rotatable bonds is 5. The molecule has 1 aromatic heterocycles. The molecule has 3 N–H and O–H groups in total. The van der Waals surface area contributed by atoms with Crippen molar-refractivity contribution in [2.45, 2.75) is 63.5 Å². The number of nitrogens with two attached hydrogens (primary N) is 1. The Hall–Kier alpha value is -1.58. The van der Waals surface area contributed by atoms with E-state index >= 15 is 0 Å². The van der Waals surface area contributed by atoms with Crippen LogP contribution in [0.15, 0.2) is 30.3 Å². The summed E-state index contributed by atoms with van der Waals surface area (Å²) in [5.74, 6) is 0.961. The van der Waals surface area contributed by atoms with Gasteiger partial charge in [0.2, 0.25) is 11.6 Å². The van der Waals surface area contributed by atoms with E-state index in [2.05, 4.69) is 59.4 Å². The summed E-state index contributed by atoms with van der Waals surface area (Å²) in [6, 6.07) is 11.0. The molecule has 2 saturated heterocycles. The highest BCUT2D eigenvalue weighted by Gasteiger charge is 2.60. The number of aromatic amines is 1. The van der Waals surface area contributed by atoms with Crippen LogP contribution in [0.25, 0.3) is 0 Å². The van der Waals surface area contributed by atoms with Crippen molar-refractivity contribution < 1.29 is 49.4 Å². The highest BCUT2D eigenvalue weighted by Crippen LogP contribution is 2.45. The lowest BCUT2D eigenvalue weighted by Crippen LogP contribution is -3.00. The first kappa shape index (κ1) is 31.9. The topological polar surface area (TPSA) is 80.6 Å². The predicted octanol–water partition coefficient (Wildman–Crippen LogP) is -2.55. The molecule has 0 bridgehead atoms. The highest BCUT2D eigenvalue weighted by molar-refractivity contribution is 7.15. The fraction of sp³-hybridized carbons (Fsp3) is 0.607. The van der Waals surface area contributed by atoms with Crippen molar-refractivity contribution in [3.8, 4) is 0 Å². The Morgan fingerprint density at radius 2 is 1.95 bits per heavy atom. The van der Waals surface area contributed by atoms with E-state index in [-0.39, 0.29) is 48.8 Å². The summed E-state index contributed by atoms with van der Waals surface area (Å²) in [6.07, 6.45) is 3.74. The van der Waals surface area contributed by atoms with Gasteiger partial charge in [-0.1, -0.05) is 68.4 Å². The number of benzene rings is 1. The fourth-order valence-corrected chi connectivity index (χ4v) is 8.63. The second-order valence-corrected chi connectivity index (χ2v) is 12.5. The minimum atomic E-state index is -0.470. The molecule has 3 aliphatic rings. The molecule has 7 nitrogen and oxygen atoms in total. The van der Waals surface area contributed by atoms with Crippen LogP contribution in [0.5, 0.6) is 0 Å². The summed E-state index contributed by atoms with van der Waals surface area (Å²) in [5.41, 5.74) is 1.84. The van der Waals surface area contributed by atoms with Crippen LogP contribution in [0.2, 0.25) is 4.47 Å². The van der Waals surface area contributed by atoms with E-state index in [0.29, 0.717) is 29.4 Å². The zero-order valence-corrected chi connectivity index (χ0v) is 25.9. The van der Waals surface area contributed by atoms with E-state index in [4.69, 9.17) is 16.3 Å². The lowest BCUT2D eigenvalue weighted by atomic mass is 9.72. The van der Waals surface area contributed by atoms with Crippen LogP contribution in [0.4, 0.5) is 4.79 Å². The Kier molecular flexibility index (Phi) is 11.0. The SMILES string of the molecule is CCC(CC)[C@@H]1C[C@H](c2ccccc2)CCN1C(=O)[C@@H]1C[NH2+]C[C@]12CN(C(=O)OC)Cc1[nH+]c(Cl)sc12.[Cl-].[Cl-]. The number of methoxy groups -OCH3 is 1. The summed E-state index contributed by atoms with van der Waals surface area (Å²) >= 11 is 7.98. The maximum absolute atomic E-state index is 14.6. The highest BCUT2D eigenvalue weighted by atomic mass is 35.5. The lowest BCUT2D eigenvalue weighted by Gasteiger charge is -2.46. The average molecular weight is 618 g/mol. The summed E-state index contributed by atoms with van der Waals surface area (Å²) in [4.78, 5) is 35.5. The van der Waals surface area contributed by atoms with Gasteiger partial charge in [-0.3, -0.25) is 9.69 Å². The number of likely N-dealkylation sites (tertiary alicyclic amines) is 1. The third-order valence-corrected chi connectivity index (χ3v) is 10.6. The van der Waals surface area contributed by atoms with Gasteiger partial charge in [-0.05, 0) is 30.2 Å². The number of thiazole rings is 1. The van der Waals surface area contributed by atoms with Crippen LogP contribution in [0, 0.1) is 11.8 Å². The van der Waals surface area contributed by atoms with Crippen molar-refractivity contribution in [3.63, 3.8) is 0 Å². The second kappa shape index (κ2) is 13.4. The summed E-state index contributed by atoms with van der Waals surface area (Å²) in [5, 5.41) is 2.24.